The van der Waals surface area contributed by atoms with Crippen LogP contribution in [0.5, 0.6) is 0 Å². The van der Waals surface area contributed by atoms with E-state index in [0.29, 0.717) is 45.3 Å². The minimum Gasteiger partial charge on any atom is -0.393 e. The van der Waals surface area contributed by atoms with Crippen LogP contribution in [-0.4, -0.2) is 76.4 Å². The van der Waals surface area contributed by atoms with Gasteiger partial charge < -0.3 is 29.9 Å². The van der Waals surface area contributed by atoms with Crippen LogP contribution in [0.15, 0.2) is 0 Å². The van der Waals surface area contributed by atoms with Gasteiger partial charge in [-0.05, 0) is 39.7 Å². The Morgan fingerprint density at radius 2 is 1.85 bits per heavy atom. The van der Waals surface area contributed by atoms with E-state index in [1.54, 1.807) is 7.05 Å². The van der Waals surface area contributed by atoms with Crippen molar-refractivity contribution in [1.82, 2.24) is 10.2 Å². The van der Waals surface area contributed by atoms with E-state index in [2.05, 4.69) is 5.32 Å². The molecule has 1 amide bonds. The first-order valence-corrected chi connectivity index (χ1v) is 9.84. The lowest BCUT2D eigenvalue weighted by Gasteiger charge is -2.68. The summed E-state index contributed by atoms with van der Waals surface area (Å²) in [6.45, 7) is 6.90. The first kappa shape index (κ1) is 18.6. The number of amides is 1. The fourth-order valence-corrected chi connectivity index (χ4v) is 6.33. The maximum Gasteiger partial charge on any atom is 0.246 e. The first-order valence-electron chi connectivity index (χ1n) is 9.84. The molecule has 4 fully saturated rings. The normalized spacial score (nSPS) is 46.9. The van der Waals surface area contributed by atoms with E-state index >= 15 is 0 Å². The Hall–Kier alpha value is -0.730. The predicted octanol–water partition coefficient (Wildman–Crippen LogP) is 0.383. The van der Waals surface area contributed by atoms with Crippen LogP contribution in [0, 0.1) is 5.41 Å². The quantitative estimate of drug-likeness (QED) is 0.620. The molecule has 1 spiro atoms. The molecule has 7 heteroatoms. The molecule has 0 aromatic carbocycles. The van der Waals surface area contributed by atoms with Crippen molar-refractivity contribution >= 4 is 5.91 Å². The van der Waals surface area contributed by atoms with Gasteiger partial charge >= 0.3 is 0 Å². The van der Waals surface area contributed by atoms with Crippen molar-refractivity contribution in [2.75, 3.05) is 20.3 Å². The van der Waals surface area contributed by atoms with E-state index in [9.17, 15) is 15.0 Å². The van der Waals surface area contributed by atoms with Gasteiger partial charge in [0, 0.05) is 23.9 Å². The van der Waals surface area contributed by atoms with Gasteiger partial charge in [0.05, 0.1) is 19.3 Å². The molecule has 4 aliphatic rings. The van der Waals surface area contributed by atoms with E-state index in [-0.39, 0.29) is 18.0 Å². The van der Waals surface area contributed by atoms with Crippen molar-refractivity contribution in [3.05, 3.63) is 0 Å². The topological polar surface area (TPSA) is 91.3 Å². The van der Waals surface area contributed by atoms with Crippen LogP contribution in [0.3, 0.4) is 0 Å². The number of aliphatic hydroxyl groups excluding tert-OH is 1. The summed E-state index contributed by atoms with van der Waals surface area (Å²) in [6.07, 6.45) is 2.07. The minimum atomic E-state index is -1.34. The predicted molar refractivity (Wildman–Crippen MR) is 94.3 cm³/mol. The van der Waals surface area contributed by atoms with Crippen LogP contribution in [0.25, 0.3) is 0 Å². The lowest BCUT2D eigenvalue weighted by Crippen LogP contribution is -2.85. The van der Waals surface area contributed by atoms with E-state index in [1.807, 2.05) is 25.7 Å². The molecule has 4 rings (SSSR count). The number of fused-ring (bicyclic) bond motifs is 2. The van der Waals surface area contributed by atoms with Gasteiger partial charge in [-0.25, -0.2) is 0 Å². The van der Waals surface area contributed by atoms with Gasteiger partial charge in [-0.3, -0.25) is 4.79 Å². The van der Waals surface area contributed by atoms with Gasteiger partial charge in [0.2, 0.25) is 5.91 Å². The molecule has 0 radical (unpaired) electrons. The molecule has 3 aliphatic heterocycles. The van der Waals surface area contributed by atoms with E-state index in [1.165, 1.54) is 0 Å². The molecule has 3 heterocycles. The summed E-state index contributed by atoms with van der Waals surface area (Å²) in [5, 5.41) is 25.6. The SMILES string of the molecule is CN[C@@]12CCC3(OCCO3)C(C)(C)[C@@]1(O)C[C@H]1C[C@H](O)C[C@H](C)N1C2=O. The minimum absolute atomic E-state index is 0.0380. The maximum absolute atomic E-state index is 13.7. The molecule has 1 saturated carbocycles. The summed E-state index contributed by atoms with van der Waals surface area (Å²) >= 11 is 0. The molecule has 7 nitrogen and oxygen atoms in total. The number of hydrogen-bond acceptors (Lipinski definition) is 6. The Morgan fingerprint density at radius 3 is 2.46 bits per heavy atom. The fraction of sp³-hybridized carbons (Fsp3) is 0.947. The Morgan fingerprint density at radius 1 is 1.19 bits per heavy atom. The molecule has 26 heavy (non-hydrogen) atoms. The van der Waals surface area contributed by atoms with Crippen molar-refractivity contribution in [1.29, 1.82) is 0 Å². The fourth-order valence-electron chi connectivity index (χ4n) is 6.33. The van der Waals surface area contributed by atoms with E-state index in [0.717, 1.165) is 0 Å². The summed E-state index contributed by atoms with van der Waals surface area (Å²) in [5.74, 6) is -0.928. The standard InChI is InChI=1S/C19H32N2O5/c1-12-9-14(22)10-13-11-18(24)16(2,3)19(25-7-8-26-19)6-5-17(18,20-4)15(23)21(12)13/h12-14,20,22,24H,5-11H2,1-4H3/t12-,13+,14+,17+,18-/m0/s1. The Balaban J connectivity index is 1.82. The number of hydrogen-bond donors (Lipinski definition) is 3. The summed E-state index contributed by atoms with van der Waals surface area (Å²) < 4.78 is 12.1. The second-order valence-electron chi connectivity index (χ2n) is 9.14. The highest BCUT2D eigenvalue weighted by atomic mass is 16.7. The molecule has 0 aromatic heterocycles. The van der Waals surface area contributed by atoms with Crippen LogP contribution in [0.4, 0.5) is 0 Å². The highest BCUT2D eigenvalue weighted by Gasteiger charge is 2.76. The zero-order valence-corrected chi connectivity index (χ0v) is 16.2. The third-order valence-electron chi connectivity index (χ3n) is 7.86. The average Bonchev–Trinajstić information content (AvgIpc) is 3.03. The van der Waals surface area contributed by atoms with Crippen molar-refractivity contribution in [3.63, 3.8) is 0 Å². The molecule has 3 N–H and O–H groups in total. The third-order valence-corrected chi connectivity index (χ3v) is 7.86. The van der Waals surface area contributed by atoms with Crippen LogP contribution >= 0.6 is 0 Å². The molecule has 3 saturated heterocycles. The van der Waals surface area contributed by atoms with Crippen LogP contribution in [0.1, 0.15) is 52.9 Å². The Kier molecular flexibility index (Phi) is 4.04. The molecule has 0 bridgehead atoms. The highest BCUT2D eigenvalue weighted by molar-refractivity contribution is 5.90. The van der Waals surface area contributed by atoms with E-state index in [4.69, 9.17) is 9.47 Å². The number of carbonyl (C=O) groups excluding carboxylic acids is 1. The molecule has 148 valence electrons. The maximum atomic E-state index is 13.7. The molecule has 0 unspecified atom stereocenters. The number of nitrogens with one attached hydrogen (secondary N) is 1. The number of rotatable bonds is 1. The summed E-state index contributed by atoms with van der Waals surface area (Å²) in [6, 6.07) is -0.215. The lowest BCUT2D eigenvalue weighted by molar-refractivity contribution is -0.330. The van der Waals surface area contributed by atoms with Crippen molar-refractivity contribution in [2.45, 2.75) is 88.0 Å². The van der Waals surface area contributed by atoms with Crippen LogP contribution < -0.4 is 5.32 Å². The number of piperidine rings is 2. The smallest absolute Gasteiger partial charge is 0.246 e. The van der Waals surface area contributed by atoms with Gasteiger partial charge in [-0.1, -0.05) is 13.8 Å². The van der Waals surface area contributed by atoms with Crippen LogP contribution in [0.2, 0.25) is 0 Å². The lowest BCUT2D eigenvalue weighted by atomic mass is 9.49. The average molecular weight is 368 g/mol. The molecule has 1 aliphatic carbocycles. The van der Waals surface area contributed by atoms with E-state index < -0.39 is 28.4 Å². The number of carbonyl (C=O) groups is 1. The van der Waals surface area contributed by atoms with Gasteiger partial charge in [-0.2, -0.15) is 0 Å². The molecule has 5 atom stereocenters. The Labute approximate surface area is 155 Å². The Bertz CT molecular complexity index is 605. The molecule has 0 aromatic rings. The zero-order chi connectivity index (χ0) is 19.0. The second-order valence-corrected chi connectivity index (χ2v) is 9.14. The summed E-state index contributed by atoms with van der Waals surface area (Å²) in [4.78, 5) is 15.6. The summed E-state index contributed by atoms with van der Waals surface area (Å²) in [7, 11) is 1.76. The highest BCUT2D eigenvalue weighted by Crippen LogP contribution is 2.61. The second kappa shape index (κ2) is 5.64. The number of aliphatic hydroxyl groups is 2. The van der Waals surface area contributed by atoms with Crippen molar-refractivity contribution in [2.24, 2.45) is 5.41 Å². The zero-order valence-electron chi connectivity index (χ0n) is 16.2. The number of nitrogens with zero attached hydrogens (tertiary/aromatic N) is 1. The van der Waals surface area contributed by atoms with Gasteiger partial charge in [0.15, 0.2) is 5.79 Å². The third kappa shape index (κ3) is 1.98. The summed E-state index contributed by atoms with van der Waals surface area (Å²) in [5.41, 5.74) is -3.19. The van der Waals surface area contributed by atoms with Crippen molar-refractivity contribution < 1.29 is 24.5 Å². The largest absolute Gasteiger partial charge is 0.393 e. The molecular formula is C19H32N2O5. The first-order chi connectivity index (χ1) is 12.1. The van der Waals surface area contributed by atoms with Gasteiger partial charge in [0.1, 0.15) is 11.1 Å². The number of likely N-dealkylation sites (N-methyl/N-ethyl adjacent to an activating group) is 1. The van der Waals surface area contributed by atoms with Gasteiger partial charge in [-0.15, -0.1) is 0 Å². The van der Waals surface area contributed by atoms with Crippen molar-refractivity contribution in [3.8, 4) is 0 Å². The number of ether oxygens (including phenoxy) is 2. The molecular weight excluding hydrogens is 336 g/mol. The van der Waals surface area contributed by atoms with Gasteiger partial charge in [0.25, 0.3) is 0 Å². The monoisotopic (exact) mass is 368 g/mol. The van der Waals surface area contributed by atoms with Crippen LogP contribution in [-0.2, 0) is 14.3 Å².